The molecule has 2 aromatic rings. The van der Waals surface area contributed by atoms with Crippen molar-refractivity contribution in [1.82, 2.24) is 15.0 Å². The Morgan fingerprint density at radius 2 is 2.22 bits per heavy atom. The molecule has 0 bridgehead atoms. The predicted molar refractivity (Wildman–Crippen MR) is 64.7 cm³/mol. The summed E-state index contributed by atoms with van der Waals surface area (Å²) in [6.07, 6.45) is 3.79. The van der Waals surface area contributed by atoms with Crippen molar-refractivity contribution in [2.45, 2.75) is 18.9 Å². The van der Waals surface area contributed by atoms with Crippen LogP contribution in [0.15, 0.2) is 18.3 Å². The highest BCUT2D eigenvalue weighted by molar-refractivity contribution is 5.74. The molecule has 3 rings (SSSR count). The van der Waals surface area contributed by atoms with Crippen LogP contribution in [-0.4, -0.2) is 22.1 Å². The van der Waals surface area contributed by atoms with E-state index in [2.05, 4.69) is 10.2 Å². The Balaban J connectivity index is 2.08. The third kappa shape index (κ3) is 1.79. The smallest absolute Gasteiger partial charge is 0.151 e. The van der Waals surface area contributed by atoms with Crippen LogP contribution in [0.4, 0.5) is 10.1 Å². The number of hydrogen-bond acceptors (Lipinski definition) is 4. The normalized spacial score (nSPS) is 14.8. The number of benzene rings is 1. The quantitative estimate of drug-likeness (QED) is 0.844. The third-order valence-electron chi connectivity index (χ3n) is 2.94. The second-order valence-corrected chi connectivity index (χ2v) is 4.36. The highest BCUT2D eigenvalue weighted by Gasteiger charge is 2.26. The number of aromatic nitrogens is 3. The van der Waals surface area contributed by atoms with E-state index in [0.717, 1.165) is 12.8 Å². The molecule has 0 saturated heterocycles. The fraction of sp³-hybridized carbons (Fsp3) is 0.333. The van der Waals surface area contributed by atoms with Gasteiger partial charge < -0.3 is 10.5 Å². The van der Waals surface area contributed by atoms with E-state index < -0.39 is 5.82 Å². The maximum Gasteiger partial charge on any atom is 0.151 e. The molecule has 6 heteroatoms. The van der Waals surface area contributed by atoms with Crippen LogP contribution in [0.2, 0.25) is 0 Å². The van der Waals surface area contributed by atoms with Gasteiger partial charge in [0, 0.05) is 6.07 Å². The molecule has 0 aliphatic heterocycles. The molecule has 1 fully saturated rings. The number of nitrogen functional groups attached to an aromatic ring is 1. The highest BCUT2D eigenvalue weighted by atomic mass is 19.1. The minimum atomic E-state index is -0.413. The van der Waals surface area contributed by atoms with Crippen molar-refractivity contribution < 1.29 is 9.13 Å². The first-order chi connectivity index (χ1) is 8.69. The monoisotopic (exact) mass is 248 g/mol. The second kappa shape index (κ2) is 3.97. The fourth-order valence-electron chi connectivity index (χ4n) is 1.91. The predicted octanol–water partition coefficient (Wildman–Crippen LogP) is 2.01. The first-order valence-corrected chi connectivity index (χ1v) is 5.74. The molecule has 0 spiro atoms. The fourth-order valence-corrected chi connectivity index (χ4v) is 1.91. The molecular formula is C12H13FN4O. The molecular weight excluding hydrogens is 235 g/mol. The van der Waals surface area contributed by atoms with Crippen LogP contribution in [0, 0.1) is 5.82 Å². The molecule has 1 heterocycles. The molecule has 0 unspecified atom stereocenters. The van der Waals surface area contributed by atoms with Crippen LogP contribution < -0.4 is 10.5 Å². The summed E-state index contributed by atoms with van der Waals surface area (Å²) < 4.78 is 18.6. The summed E-state index contributed by atoms with van der Waals surface area (Å²) in [5, 5.41) is 8.51. The lowest BCUT2D eigenvalue weighted by Gasteiger charge is -2.09. The van der Waals surface area contributed by atoms with E-state index in [1.54, 1.807) is 11.0 Å². The molecule has 18 heavy (non-hydrogen) atoms. The number of hydrogen-bond donors (Lipinski definition) is 1. The molecule has 1 aliphatic rings. The zero-order valence-electron chi connectivity index (χ0n) is 9.93. The van der Waals surface area contributed by atoms with Gasteiger partial charge in [0.05, 0.1) is 30.6 Å². The van der Waals surface area contributed by atoms with Crippen molar-refractivity contribution in [2.24, 2.45) is 0 Å². The first-order valence-electron chi connectivity index (χ1n) is 5.74. The van der Waals surface area contributed by atoms with Gasteiger partial charge in [-0.15, -0.1) is 0 Å². The Morgan fingerprint density at radius 1 is 1.44 bits per heavy atom. The van der Waals surface area contributed by atoms with E-state index >= 15 is 0 Å². The lowest BCUT2D eigenvalue weighted by atomic mass is 10.1. The first kappa shape index (κ1) is 11.0. The number of nitrogens with zero attached hydrogens (tertiary/aromatic N) is 3. The molecule has 0 radical (unpaired) electrons. The number of rotatable bonds is 3. The second-order valence-electron chi connectivity index (χ2n) is 4.36. The number of anilines is 1. The SMILES string of the molecule is COc1c(N)cc(F)cc1-c1cnn(C2CC2)n1. The van der Waals surface area contributed by atoms with E-state index in [4.69, 9.17) is 10.5 Å². The summed E-state index contributed by atoms with van der Waals surface area (Å²) in [5.41, 5.74) is 7.09. The average molecular weight is 248 g/mol. The van der Waals surface area contributed by atoms with Gasteiger partial charge in [0.25, 0.3) is 0 Å². The summed E-state index contributed by atoms with van der Waals surface area (Å²) in [4.78, 5) is 1.66. The van der Waals surface area contributed by atoms with E-state index in [9.17, 15) is 4.39 Å². The molecule has 0 atom stereocenters. The van der Waals surface area contributed by atoms with Gasteiger partial charge in [0.15, 0.2) is 5.75 Å². The lowest BCUT2D eigenvalue weighted by molar-refractivity contribution is 0.417. The van der Waals surface area contributed by atoms with Gasteiger partial charge in [-0.2, -0.15) is 15.0 Å². The summed E-state index contributed by atoms with van der Waals surface area (Å²) in [6.45, 7) is 0. The van der Waals surface area contributed by atoms with Gasteiger partial charge in [-0.1, -0.05) is 0 Å². The number of halogens is 1. The van der Waals surface area contributed by atoms with Gasteiger partial charge in [0.1, 0.15) is 11.5 Å². The maximum atomic E-state index is 13.4. The summed E-state index contributed by atoms with van der Waals surface area (Å²) in [5.74, 6) is 0.0171. The highest BCUT2D eigenvalue weighted by Crippen LogP contribution is 2.37. The molecule has 2 N–H and O–H groups in total. The van der Waals surface area contributed by atoms with Gasteiger partial charge in [0.2, 0.25) is 0 Å². The zero-order valence-corrected chi connectivity index (χ0v) is 9.93. The van der Waals surface area contributed by atoms with Crippen LogP contribution in [0.3, 0.4) is 0 Å². The largest absolute Gasteiger partial charge is 0.494 e. The van der Waals surface area contributed by atoms with Crippen molar-refractivity contribution in [3.63, 3.8) is 0 Å². The lowest BCUT2D eigenvalue weighted by Crippen LogP contribution is -1.99. The minimum absolute atomic E-state index is 0.258. The number of ether oxygens (including phenoxy) is 1. The Hall–Kier alpha value is -2.11. The Bertz CT molecular complexity index is 592. The molecule has 0 amide bonds. The van der Waals surface area contributed by atoms with Gasteiger partial charge in [-0.05, 0) is 18.9 Å². The molecule has 5 nitrogen and oxygen atoms in total. The van der Waals surface area contributed by atoms with Gasteiger partial charge in [-0.25, -0.2) is 4.39 Å². The van der Waals surface area contributed by atoms with Gasteiger partial charge in [-0.3, -0.25) is 0 Å². The van der Waals surface area contributed by atoms with Crippen molar-refractivity contribution in [3.05, 3.63) is 24.1 Å². The number of methoxy groups -OCH3 is 1. The van der Waals surface area contributed by atoms with Crippen molar-refractivity contribution in [3.8, 4) is 17.0 Å². The van der Waals surface area contributed by atoms with Crippen molar-refractivity contribution >= 4 is 5.69 Å². The van der Waals surface area contributed by atoms with Crippen LogP contribution in [0.25, 0.3) is 11.3 Å². The minimum Gasteiger partial charge on any atom is -0.494 e. The standard InChI is InChI=1S/C12H13FN4O/c1-18-12-9(4-7(13)5-10(12)14)11-6-15-17(16-11)8-2-3-8/h4-6,8H,2-3,14H2,1H3. The summed E-state index contributed by atoms with van der Waals surface area (Å²) in [6, 6.07) is 2.97. The third-order valence-corrected chi connectivity index (χ3v) is 2.94. The molecule has 1 aromatic heterocycles. The van der Waals surface area contributed by atoms with Crippen LogP contribution in [-0.2, 0) is 0 Å². The maximum absolute atomic E-state index is 13.4. The van der Waals surface area contributed by atoms with Crippen molar-refractivity contribution in [1.29, 1.82) is 0 Å². The molecule has 1 aromatic carbocycles. The molecule has 1 aliphatic carbocycles. The Morgan fingerprint density at radius 3 is 2.89 bits per heavy atom. The zero-order chi connectivity index (χ0) is 12.7. The molecule has 94 valence electrons. The van der Waals surface area contributed by atoms with Crippen LogP contribution in [0.1, 0.15) is 18.9 Å². The Labute approximate surface area is 103 Å². The van der Waals surface area contributed by atoms with Crippen molar-refractivity contribution in [2.75, 3.05) is 12.8 Å². The van der Waals surface area contributed by atoms with Crippen LogP contribution >= 0.6 is 0 Å². The van der Waals surface area contributed by atoms with E-state index in [1.165, 1.54) is 19.2 Å². The summed E-state index contributed by atoms with van der Waals surface area (Å²) >= 11 is 0. The van der Waals surface area contributed by atoms with E-state index in [1.807, 2.05) is 0 Å². The van der Waals surface area contributed by atoms with Crippen LogP contribution in [0.5, 0.6) is 5.75 Å². The van der Waals surface area contributed by atoms with E-state index in [-0.39, 0.29) is 5.69 Å². The average Bonchev–Trinajstić information content (AvgIpc) is 3.06. The van der Waals surface area contributed by atoms with E-state index in [0.29, 0.717) is 23.0 Å². The number of nitrogens with two attached hydrogens (primary N) is 1. The topological polar surface area (TPSA) is 66.0 Å². The summed E-state index contributed by atoms with van der Waals surface area (Å²) in [7, 11) is 1.50. The Kier molecular flexibility index (Phi) is 2.43. The molecule has 1 saturated carbocycles. The van der Waals surface area contributed by atoms with Gasteiger partial charge >= 0.3 is 0 Å².